The van der Waals surface area contributed by atoms with Crippen LogP contribution in [0.1, 0.15) is 32.6 Å². The predicted octanol–water partition coefficient (Wildman–Crippen LogP) is 5.12. The average Bonchev–Trinajstić information content (AvgIpc) is 2.34. The molecule has 0 heterocycles. The van der Waals surface area contributed by atoms with Gasteiger partial charge in [-0.1, -0.05) is 49.4 Å². The van der Waals surface area contributed by atoms with E-state index < -0.39 is 6.09 Å². The second kappa shape index (κ2) is 8.22. The highest BCUT2D eigenvalue weighted by Gasteiger charge is 2.04. The van der Waals surface area contributed by atoms with Gasteiger partial charge in [0.25, 0.3) is 0 Å². The van der Waals surface area contributed by atoms with Gasteiger partial charge in [-0.05, 0) is 24.6 Å². The smallest absolute Gasteiger partial charge is 0.411 e. The summed E-state index contributed by atoms with van der Waals surface area (Å²) in [5.41, 5.74) is 0.572. The number of anilines is 1. The summed E-state index contributed by atoms with van der Waals surface area (Å²) in [6.07, 6.45) is 3.83. The fraction of sp³-hybridized carbons (Fsp3) is 0.462. The molecule has 0 aliphatic heterocycles. The third-order valence-electron chi connectivity index (χ3n) is 2.40. The van der Waals surface area contributed by atoms with Crippen LogP contribution in [0.3, 0.4) is 0 Å². The van der Waals surface area contributed by atoms with E-state index in [0.29, 0.717) is 22.3 Å². The molecule has 5 heteroatoms. The molecule has 0 fully saturated rings. The van der Waals surface area contributed by atoms with Gasteiger partial charge in [-0.25, -0.2) is 4.79 Å². The molecule has 0 spiro atoms. The quantitative estimate of drug-likeness (QED) is 0.738. The van der Waals surface area contributed by atoms with Crippen LogP contribution >= 0.6 is 23.2 Å². The third kappa shape index (κ3) is 5.61. The van der Waals surface area contributed by atoms with E-state index in [1.54, 1.807) is 18.2 Å². The maximum absolute atomic E-state index is 11.4. The lowest BCUT2D eigenvalue weighted by molar-refractivity contribution is 0.159. The summed E-state index contributed by atoms with van der Waals surface area (Å²) in [5, 5.41) is 3.45. The van der Waals surface area contributed by atoms with Crippen LogP contribution < -0.4 is 5.32 Å². The van der Waals surface area contributed by atoms with Gasteiger partial charge in [-0.15, -0.1) is 0 Å². The van der Waals surface area contributed by atoms with Crippen molar-refractivity contribution in [3.05, 3.63) is 28.2 Å². The molecule has 0 atom stereocenters. The second-order valence-electron chi connectivity index (χ2n) is 3.95. The van der Waals surface area contributed by atoms with E-state index in [0.717, 1.165) is 25.7 Å². The van der Waals surface area contributed by atoms with Crippen LogP contribution in [0.5, 0.6) is 0 Å². The Kier molecular flexibility index (Phi) is 6.91. The highest BCUT2D eigenvalue weighted by molar-refractivity contribution is 6.42. The molecule has 0 aromatic heterocycles. The Balaban J connectivity index is 2.29. The van der Waals surface area contributed by atoms with Crippen molar-refractivity contribution in [1.82, 2.24) is 0 Å². The lowest BCUT2D eigenvalue weighted by Gasteiger charge is -2.07. The third-order valence-corrected chi connectivity index (χ3v) is 3.14. The largest absolute Gasteiger partial charge is 0.449 e. The fourth-order valence-electron chi connectivity index (χ4n) is 1.42. The Morgan fingerprint density at radius 3 is 2.67 bits per heavy atom. The first-order valence-corrected chi connectivity index (χ1v) is 6.78. The van der Waals surface area contributed by atoms with Crippen LogP contribution in [0.15, 0.2) is 18.2 Å². The van der Waals surface area contributed by atoms with Gasteiger partial charge in [0.2, 0.25) is 0 Å². The Morgan fingerprint density at radius 1 is 1.22 bits per heavy atom. The molecule has 1 aromatic rings. The number of nitrogens with one attached hydrogen (secondary N) is 1. The molecular formula is C13H17Cl2NO2. The Hall–Kier alpha value is -0.930. The zero-order valence-electron chi connectivity index (χ0n) is 10.3. The molecule has 0 unspecified atom stereocenters. The van der Waals surface area contributed by atoms with Crippen LogP contribution in [-0.2, 0) is 4.74 Å². The molecule has 1 aromatic carbocycles. The van der Waals surface area contributed by atoms with Crippen molar-refractivity contribution < 1.29 is 9.53 Å². The van der Waals surface area contributed by atoms with Crippen molar-refractivity contribution >= 4 is 35.0 Å². The maximum atomic E-state index is 11.4. The van der Waals surface area contributed by atoms with Crippen molar-refractivity contribution in [1.29, 1.82) is 0 Å². The molecule has 0 bridgehead atoms. The minimum atomic E-state index is -0.468. The van der Waals surface area contributed by atoms with Gasteiger partial charge < -0.3 is 4.74 Å². The van der Waals surface area contributed by atoms with Crippen molar-refractivity contribution in [3.63, 3.8) is 0 Å². The Bertz CT molecular complexity index is 397. The number of hydrogen-bond donors (Lipinski definition) is 1. The van der Waals surface area contributed by atoms with Gasteiger partial charge in [0.05, 0.1) is 16.7 Å². The summed E-state index contributed by atoms with van der Waals surface area (Å²) in [6, 6.07) is 4.88. The van der Waals surface area contributed by atoms with E-state index in [1.165, 1.54) is 0 Å². The second-order valence-corrected chi connectivity index (χ2v) is 4.76. The van der Waals surface area contributed by atoms with Crippen LogP contribution in [0.25, 0.3) is 0 Å². The summed E-state index contributed by atoms with van der Waals surface area (Å²) in [6.45, 7) is 2.57. The van der Waals surface area contributed by atoms with E-state index in [1.807, 2.05) is 0 Å². The molecule has 18 heavy (non-hydrogen) atoms. The predicted molar refractivity (Wildman–Crippen MR) is 75.6 cm³/mol. The van der Waals surface area contributed by atoms with Crippen molar-refractivity contribution in [2.75, 3.05) is 11.9 Å². The van der Waals surface area contributed by atoms with Crippen molar-refractivity contribution in [3.8, 4) is 0 Å². The number of hydrogen-bond acceptors (Lipinski definition) is 2. The first-order chi connectivity index (χ1) is 8.63. The molecule has 100 valence electrons. The standard InChI is InChI=1S/C13H17Cl2NO2/c1-2-3-4-5-8-18-13(17)16-10-6-7-11(14)12(15)9-10/h6-7,9H,2-5,8H2,1H3,(H,16,17). The molecule has 1 N–H and O–H groups in total. The SMILES string of the molecule is CCCCCCOC(=O)Nc1ccc(Cl)c(Cl)c1. The number of carbonyl (C=O) groups excluding carboxylic acids is 1. The van der Waals surface area contributed by atoms with E-state index >= 15 is 0 Å². The monoisotopic (exact) mass is 289 g/mol. The minimum absolute atomic E-state index is 0.400. The van der Waals surface area contributed by atoms with Gasteiger partial charge in [-0.2, -0.15) is 0 Å². The number of rotatable bonds is 6. The molecule has 1 amide bonds. The summed E-state index contributed by atoms with van der Waals surface area (Å²) in [4.78, 5) is 11.4. The minimum Gasteiger partial charge on any atom is -0.449 e. The van der Waals surface area contributed by atoms with Gasteiger partial charge in [-0.3, -0.25) is 5.32 Å². The maximum Gasteiger partial charge on any atom is 0.411 e. The van der Waals surface area contributed by atoms with E-state index in [4.69, 9.17) is 27.9 Å². The molecule has 0 saturated heterocycles. The first-order valence-electron chi connectivity index (χ1n) is 6.02. The van der Waals surface area contributed by atoms with Gasteiger partial charge >= 0.3 is 6.09 Å². The van der Waals surface area contributed by atoms with Crippen LogP contribution in [0, 0.1) is 0 Å². The zero-order chi connectivity index (χ0) is 13.4. The van der Waals surface area contributed by atoms with Gasteiger partial charge in [0.1, 0.15) is 0 Å². The number of ether oxygens (including phenoxy) is 1. The first kappa shape index (κ1) is 15.1. The number of halogens is 2. The number of benzene rings is 1. The van der Waals surface area contributed by atoms with Gasteiger partial charge in [0, 0.05) is 5.69 Å². The summed E-state index contributed by atoms with van der Waals surface area (Å²) in [5.74, 6) is 0. The van der Waals surface area contributed by atoms with Crippen LogP contribution in [0.2, 0.25) is 10.0 Å². The highest BCUT2D eigenvalue weighted by Crippen LogP contribution is 2.24. The molecule has 0 radical (unpaired) electrons. The Morgan fingerprint density at radius 2 is 2.00 bits per heavy atom. The van der Waals surface area contributed by atoms with E-state index in [-0.39, 0.29) is 0 Å². The topological polar surface area (TPSA) is 38.3 Å². The highest BCUT2D eigenvalue weighted by atomic mass is 35.5. The van der Waals surface area contributed by atoms with Crippen molar-refractivity contribution in [2.24, 2.45) is 0 Å². The number of amides is 1. The lowest BCUT2D eigenvalue weighted by Crippen LogP contribution is -2.14. The van der Waals surface area contributed by atoms with Crippen LogP contribution in [0.4, 0.5) is 10.5 Å². The molecule has 0 saturated carbocycles. The normalized spacial score (nSPS) is 10.2. The van der Waals surface area contributed by atoms with Crippen molar-refractivity contribution in [2.45, 2.75) is 32.6 Å². The zero-order valence-corrected chi connectivity index (χ0v) is 11.9. The van der Waals surface area contributed by atoms with Crippen LogP contribution in [-0.4, -0.2) is 12.7 Å². The lowest BCUT2D eigenvalue weighted by atomic mass is 10.2. The van der Waals surface area contributed by atoms with E-state index in [9.17, 15) is 4.79 Å². The number of unbranched alkanes of at least 4 members (excludes halogenated alkanes) is 3. The average molecular weight is 290 g/mol. The molecule has 0 aliphatic carbocycles. The molecule has 1 rings (SSSR count). The molecule has 0 aliphatic rings. The molecule has 3 nitrogen and oxygen atoms in total. The molecular weight excluding hydrogens is 273 g/mol. The Labute approximate surface area is 117 Å². The van der Waals surface area contributed by atoms with E-state index in [2.05, 4.69) is 12.2 Å². The summed E-state index contributed by atoms with van der Waals surface area (Å²) >= 11 is 11.6. The number of carbonyl (C=O) groups is 1. The fourth-order valence-corrected chi connectivity index (χ4v) is 1.72. The summed E-state index contributed by atoms with van der Waals surface area (Å²) < 4.78 is 5.04. The summed E-state index contributed by atoms with van der Waals surface area (Å²) in [7, 11) is 0. The van der Waals surface area contributed by atoms with Gasteiger partial charge in [0.15, 0.2) is 0 Å².